The van der Waals surface area contributed by atoms with Gasteiger partial charge in [0.05, 0.1) is 23.7 Å². The van der Waals surface area contributed by atoms with E-state index < -0.39 is 5.60 Å². The summed E-state index contributed by atoms with van der Waals surface area (Å²) in [5.41, 5.74) is 1.22. The van der Waals surface area contributed by atoms with Crippen LogP contribution in [0.2, 0.25) is 0 Å². The summed E-state index contributed by atoms with van der Waals surface area (Å²) in [6.45, 7) is 4.23. The first-order chi connectivity index (χ1) is 17.3. The Morgan fingerprint density at radius 2 is 1.94 bits per heavy atom. The van der Waals surface area contributed by atoms with Crippen LogP contribution in [-0.2, 0) is 4.79 Å². The fourth-order valence-electron chi connectivity index (χ4n) is 3.91. The maximum absolute atomic E-state index is 11.5. The molecule has 1 unspecified atom stereocenters. The summed E-state index contributed by atoms with van der Waals surface area (Å²) in [4.78, 5) is 15.7. The summed E-state index contributed by atoms with van der Waals surface area (Å²) in [7, 11) is 0. The Bertz CT molecular complexity index is 1210. The van der Waals surface area contributed by atoms with E-state index in [9.17, 15) is 9.90 Å². The van der Waals surface area contributed by atoms with Gasteiger partial charge in [-0.2, -0.15) is 0 Å². The van der Waals surface area contributed by atoms with E-state index in [2.05, 4.69) is 9.71 Å². The van der Waals surface area contributed by atoms with Gasteiger partial charge in [-0.25, -0.2) is 4.98 Å². The van der Waals surface area contributed by atoms with Gasteiger partial charge in [-0.1, -0.05) is 24.3 Å². The molecule has 5 rings (SSSR count). The Morgan fingerprint density at radius 1 is 1.14 bits per heavy atom. The van der Waals surface area contributed by atoms with Crippen LogP contribution >= 0.6 is 11.9 Å². The molecule has 2 N–H and O–H groups in total. The van der Waals surface area contributed by atoms with Gasteiger partial charge < -0.3 is 24.1 Å². The lowest BCUT2D eigenvalue weighted by Crippen LogP contribution is -2.21. The second-order valence-corrected chi connectivity index (χ2v) is 10.4. The molecule has 2 aliphatic heterocycles. The molecule has 1 aromatic heterocycles. The van der Waals surface area contributed by atoms with Crippen molar-refractivity contribution in [1.29, 1.82) is 0 Å². The lowest BCUT2D eigenvalue weighted by Gasteiger charge is -2.16. The van der Waals surface area contributed by atoms with Gasteiger partial charge in [-0.15, -0.1) is 0 Å². The average molecular weight is 509 g/mol. The second-order valence-electron chi connectivity index (χ2n) is 9.34. The molecule has 2 aromatic carbocycles. The van der Waals surface area contributed by atoms with E-state index in [1.54, 1.807) is 32.2 Å². The van der Waals surface area contributed by atoms with Gasteiger partial charge in [0.25, 0.3) is 0 Å². The van der Waals surface area contributed by atoms with E-state index in [1.807, 2.05) is 42.5 Å². The molecular formula is C27H28N2O6S. The number of para-hydroxylation sites is 1. The fraction of sp³-hybridized carbons (Fsp3) is 0.333. The number of aromatic nitrogens is 1. The third-order valence-corrected chi connectivity index (χ3v) is 6.92. The highest BCUT2D eigenvalue weighted by Crippen LogP contribution is 2.44. The maximum Gasteiger partial charge on any atom is 0.231 e. The fourth-order valence-corrected chi connectivity index (χ4v) is 4.80. The number of pyridine rings is 1. The number of aliphatic hydroxyl groups is 1. The Kier molecular flexibility index (Phi) is 6.93. The molecule has 188 valence electrons. The van der Waals surface area contributed by atoms with E-state index >= 15 is 0 Å². The normalized spacial score (nSPS) is 18.8. The Balaban J connectivity index is 1.21. The summed E-state index contributed by atoms with van der Waals surface area (Å²) in [5, 5.41) is 9.92. The Labute approximate surface area is 214 Å². The van der Waals surface area contributed by atoms with Crippen LogP contribution in [0.1, 0.15) is 49.2 Å². The van der Waals surface area contributed by atoms with Crippen molar-refractivity contribution in [3.05, 3.63) is 71.9 Å². The smallest absolute Gasteiger partial charge is 0.231 e. The quantitative estimate of drug-likeness (QED) is 0.384. The molecule has 0 bridgehead atoms. The van der Waals surface area contributed by atoms with E-state index in [-0.39, 0.29) is 17.3 Å². The molecule has 0 saturated carbocycles. The first-order valence-electron chi connectivity index (χ1n) is 11.8. The maximum atomic E-state index is 11.5. The minimum Gasteiger partial charge on any atom is -0.485 e. The van der Waals surface area contributed by atoms with Crippen LogP contribution in [0.4, 0.5) is 0 Å². The number of hydrogen-bond donors (Lipinski definition) is 2. The van der Waals surface area contributed by atoms with Crippen molar-refractivity contribution in [2.24, 2.45) is 0 Å². The van der Waals surface area contributed by atoms with Crippen LogP contribution in [0.25, 0.3) is 0 Å². The van der Waals surface area contributed by atoms with Crippen molar-refractivity contribution >= 4 is 17.9 Å². The molecule has 36 heavy (non-hydrogen) atoms. The highest BCUT2D eigenvalue weighted by Gasteiger charge is 2.29. The minimum absolute atomic E-state index is 0.0605. The summed E-state index contributed by atoms with van der Waals surface area (Å²) in [5.74, 6) is 3.05. The Morgan fingerprint density at radius 3 is 2.64 bits per heavy atom. The topological polar surface area (TPSA) is 99.1 Å². The molecule has 0 spiro atoms. The zero-order chi connectivity index (χ0) is 25.1. The monoisotopic (exact) mass is 508 g/mol. The number of nitrogens with one attached hydrogen (secondary N) is 1. The van der Waals surface area contributed by atoms with Crippen LogP contribution < -0.4 is 23.7 Å². The van der Waals surface area contributed by atoms with Crippen molar-refractivity contribution in [1.82, 2.24) is 9.71 Å². The van der Waals surface area contributed by atoms with E-state index in [0.717, 1.165) is 16.9 Å². The van der Waals surface area contributed by atoms with Crippen molar-refractivity contribution < 1.29 is 28.8 Å². The molecule has 0 aliphatic carbocycles. The van der Waals surface area contributed by atoms with Gasteiger partial charge >= 0.3 is 0 Å². The van der Waals surface area contributed by atoms with Crippen LogP contribution in [0.3, 0.4) is 0 Å². The number of amides is 1. The van der Waals surface area contributed by atoms with Gasteiger partial charge in [-0.05, 0) is 55.6 Å². The highest BCUT2D eigenvalue weighted by molar-refractivity contribution is 7.98. The molecule has 3 heterocycles. The number of nitrogens with zero attached hydrogens (tertiary/aromatic N) is 1. The molecule has 3 aromatic rings. The average Bonchev–Trinajstić information content (AvgIpc) is 3.47. The van der Waals surface area contributed by atoms with E-state index in [0.29, 0.717) is 49.2 Å². The van der Waals surface area contributed by atoms with Crippen LogP contribution in [0.5, 0.6) is 28.9 Å². The number of hydrogen-bond acceptors (Lipinski definition) is 8. The SMILES string of the molecule is CC(C)(O)CCOc1ccc(Oc2cccc3c2OC[C@H]3Oc2ccc(C3CC(=O)NS3)cc2)cn1. The molecule has 9 heteroatoms. The van der Waals surface area contributed by atoms with Gasteiger partial charge in [-0.3, -0.25) is 9.52 Å². The number of carbonyl (C=O) groups is 1. The largest absolute Gasteiger partial charge is 0.485 e. The molecule has 2 aliphatic rings. The summed E-state index contributed by atoms with van der Waals surface area (Å²) >= 11 is 1.45. The second kappa shape index (κ2) is 10.3. The predicted molar refractivity (Wildman–Crippen MR) is 136 cm³/mol. The zero-order valence-corrected chi connectivity index (χ0v) is 20.9. The van der Waals surface area contributed by atoms with Gasteiger partial charge in [0.1, 0.15) is 18.1 Å². The first-order valence-corrected chi connectivity index (χ1v) is 12.7. The van der Waals surface area contributed by atoms with Crippen molar-refractivity contribution in [3.63, 3.8) is 0 Å². The number of ether oxygens (including phenoxy) is 4. The van der Waals surface area contributed by atoms with Crippen molar-refractivity contribution in [2.45, 2.75) is 43.6 Å². The number of rotatable bonds is 9. The van der Waals surface area contributed by atoms with Crippen molar-refractivity contribution in [3.8, 4) is 28.9 Å². The standard InChI is InChI=1S/C27H28N2O6S/c1-27(2,31)12-13-32-25-11-10-19(15-28-25)35-21-5-3-4-20-22(16-33-26(20)21)34-18-8-6-17(7-9-18)23-14-24(30)29-36-23/h3-11,15,22-23,31H,12-14,16H2,1-2H3,(H,29,30)/t22-,23?/m1/s1. The Hall–Kier alpha value is -3.43. The van der Waals surface area contributed by atoms with Crippen LogP contribution in [0.15, 0.2) is 60.8 Å². The third kappa shape index (κ3) is 5.85. The number of carbonyl (C=O) groups excluding carboxylic acids is 1. The molecule has 1 saturated heterocycles. The molecule has 0 radical (unpaired) electrons. The molecule has 2 atom stereocenters. The lowest BCUT2D eigenvalue weighted by molar-refractivity contribution is -0.118. The number of benzene rings is 2. The highest BCUT2D eigenvalue weighted by atomic mass is 32.2. The summed E-state index contributed by atoms with van der Waals surface area (Å²) in [6, 6.07) is 17.1. The molecule has 1 amide bonds. The van der Waals surface area contributed by atoms with E-state index in [1.165, 1.54) is 11.9 Å². The molecular weight excluding hydrogens is 480 g/mol. The number of fused-ring (bicyclic) bond motifs is 1. The first kappa shape index (κ1) is 24.3. The van der Waals surface area contributed by atoms with E-state index in [4.69, 9.17) is 18.9 Å². The third-order valence-electron chi connectivity index (χ3n) is 5.85. The van der Waals surface area contributed by atoms with Gasteiger partial charge in [0, 0.05) is 24.5 Å². The zero-order valence-electron chi connectivity index (χ0n) is 20.1. The lowest BCUT2D eigenvalue weighted by atomic mass is 10.1. The van der Waals surface area contributed by atoms with Gasteiger partial charge in [0.15, 0.2) is 17.6 Å². The van der Waals surface area contributed by atoms with Gasteiger partial charge in [0.2, 0.25) is 11.8 Å². The molecule has 8 nitrogen and oxygen atoms in total. The van der Waals surface area contributed by atoms with Crippen molar-refractivity contribution in [2.75, 3.05) is 13.2 Å². The molecule has 1 fully saturated rings. The minimum atomic E-state index is -0.782. The predicted octanol–water partition coefficient (Wildman–Crippen LogP) is 5.14. The van der Waals surface area contributed by atoms with Crippen LogP contribution in [0, 0.1) is 0 Å². The summed E-state index contributed by atoms with van der Waals surface area (Å²) in [6.07, 6.45) is 2.33. The van der Waals surface area contributed by atoms with Crippen LogP contribution in [-0.4, -0.2) is 34.8 Å². The summed E-state index contributed by atoms with van der Waals surface area (Å²) < 4.78 is 26.6.